The number of hydrogen-bond donors (Lipinski definition) is 0. The van der Waals surface area contributed by atoms with Gasteiger partial charge >= 0.3 is 24.4 Å². The predicted octanol–water partition coefficient (Wildman–Crippen LogP) is 1.48. The molecule has 10 heteroatoms. The first kappa shape index (κ1) is 17.0. The van der Waals surface area contributed by atoms with Crippen molar-refractivity contribution in [1.82, 2.24) is 0 Å². The Balaban J connectivity index is 4.23. The maximum atomic E-state index is 12.8. The van der Waals surface area contributed by atoms with E-state index >= 15 is 0 Å². The smallest absolute Gasteiger partial charge is 0.440 e. The first-order chi connectivity index (χ1) is 8.66. The molecule has 0 aliphatic rings. The molecule has 0 aromatic rings. The van der Waals surface area contributed by atoms with Crippen LogP contribution in [-0.2, 0) is 19.1 Å². The van der Waals surface area contributed by atoms with E-state index in [0.29, 0.717) is 0 Å². The predicted molar refractivity (Wildman–Crippen MR) is 51.6 cm³/mol. The molecule has 0 saturated carbocycles. The molecule has 0 rings (SSSR count). The van der Waals surface area contributed by atoms with Gasteiger partial charge in [0.1, 0.15) is 19.0 Å². The van der Waals surface area contributed by atoms with Crippen molar-refractivity contribution in [1.29, 1.82) is 0 Å². The van der Waals surface area contributed by atoms with Gasteiger partial charge in [0.05, 0.1) is 0 Å². The fourth-order valence-corrected chi connectivity index (χ4v) is 0.618. The number of alkyl halides is 4. The summed E-state index contributed by atoms with van der Waals surface area (Å²) in [7, 11) is 0. The molecule has 5 nitrogen and oxygen atoms in total. The molecule has 0 spiro atoms. The van der Waals surface area contributed by atoms with Crippen LogP contribution in [-0.4, -0.2) is 43.8 Å². The normalized spacial score (nSPS) is 11.7. The molecule has 0 saturated heterocycles. The van der Waals surface area contributed by atoms with Crippen LogP contribution in [0, 0.1) is 0 Å². The van der Waals surface area contributed by atoms with Crippen molar-refractivity contribution < 1.29 is 41.0 Å². The van der Waals surface area contributed by atoms with Gasteiger partial charge in [0.2, 0.25) is 0 Å². The molecule has 0 aromatic heterocycles. The van der Waals surface area contributed by atoms with Gasteiger partial charge in [-0.1, -0.05) is 6.58 Å². The summed E-state index contributed by atoms with van der Waals surface area (Å²) >= 11 is 0. The summed E-state index contributed by atoms with van der Waals surface area (Å²) in [5, 5.41) is 0. The monoisotopic (exact) mass is 289 g/mol. The number of carbonyl (C=O) groups is 2. The van der Waals surface area contributed by atoms with E-state index in [9.17, 15) is 31.5 Å². The molecule has 0 bridgehead atoms. The van der Waals surface area contributed by atoms with Crippen LogP contribution >= 0.6 is 0 Å². The number of nitrogens with zero attached hydrogens (tertiary/aromatic N) is 1. The van der Waals surface area contributed by atoms with Gasteiger partial charge in [-0.3, -0.25) is 0 Å². The summed E-state index contributed by atoms with van der Waals surface area (Å²) in [5.41, 5.74) is 0. The summed E-state index contributed by atoms with van der Waals surface area (Å²) < 4.78 is 68.5. The molecule has 108 valence electrons. The number of halogens is 5. The minimum absolute atomic E-state index is 0.228. The topological polar surface area (TPSA) is 65.0 Å². The lowest BCUT2D eigenvalue weighted by Crippen LogP contribution is -2.29. The molecule has 0 heterocycles. The van der Waals surface area contributed by atoms with E-state index in [4.69, 9.17) is 0 Å². The second kappa shape index (κ2) is 7.44. The molecular formula is C9H8F5NO4. The van der Waals surface area contributed by atoms with Crippen LogP contribution in [0.4, 0.5) is 22.0 Å². The Labute approximate surface area is 103 Å². The highest BCUT2D eigenvalue weighted by atomic mass is 19.3. The van der Waals surface area contributed by atoms with Gasteiger partial charge in [-0.05, 0) is 0 Å². The summed E-state index contributed by atoms with van der Waals surface area (Å²) in [6, 6.07) is -4.35. The van der Waals surface area contributed by atoms with Crippen molar-refractivity contribution in [2.24, 2.45) is 4.99 Å². The maximum Gasteiger partial charge on any atom is 0.440 e. The number of carbonyl (C=O) groups excluding carboxylic acids is 2. The van der Waals surface area contributed by atoms with E-state index in [1.165, 1.54) is 0 Å². The quantitative estimate of drug-likeness (QED) is 0.308. The van der Waals surface area contributed by atoms with Crippen LogP contribution < -0.4 is 0 Å². The van der Waals surface area contributed by atoms with Crippen LogP contribution in [0.1, 0.15) is 0 Å². The lowest BCUT2D eigenvalue weighted by atomic mass is 10.5. The van der Waals surface area contributed by atoms with Crippen molar-refractivity contribution in [2.45, 2.75) is 12.5 Å². The van der Waals surface area contributed by atoms with E-state index in [0.717, 1.165) is 0 Å². The highest BCUT2D eigenvalue weighted by Gasteiger charge is 2.40. The molecular weight excluding hydrogens is 281 g/mol. The first-order valence-corrected chi connectivity index (χ1v) is 4.53. The van der Waals surface area contributed by atoms with Crippen LogP contribution in [0.15, 0.2) is 17.4 Å². The molecule has 19 heavy (non-hydrogen) atoms. The third kappa shape index (κ3) is 7.11. The third-order valence-electron chi connectivity index (χ3n) is 1.34. The molecule has 0 unspecified atom stereocenters. The Bertz CT molecular complexity index is 383. The fraction of sp³-hybridized carbons (Fsp3) is 0.444. The lowest BCUT2D eigenvalue weighted by molar-refractivity contribution is -0.169. The van der Waals surface area contributed by atoms with Gasteiger partial charge in [-0.2, -0.15) is 17.6 Å². The fourth-order valence-electron chi connectivity index (χ4n) is 0.618. The number of rotatable bonds is 7. The number of aliphatic imine (C=N–C) groups is 1. The minimum atomic E-state index is -4.35. The van der Waals surface area contributed by atoms with Crippen molar-refractivity contribution in [3.63, 3.8) is 0 Å². The standard InChI is InChI=1S/C9H8F5NO4/c1-5(10)4-19-8(17)9(13,14)15-2-3-18-7(16)6(11)12/h2,6H,1,3-4H2. The summed E-state index contributed by atoms with van der Waals surface area (Å²) in [6.45, 7) is 0.615. The molecule has 0 atom stereocenters. The zero-order chi connectivity index (χ0) is 15.1. The van der Waals surface area contributed by atoms with Crippen molar-refractivity contribution in [2.75, 3.05) is 13.2 Å². The minimum Gasteiger partial charge on any atom is -0.456 e. The Morgan fingerprint density at radius 2 is 1.89 bits per heavy atom. The number of ether oxygens (including phenoxy) is 2. The summed E-state index contributed by atoms with van der Waals surface area (Å²) in [6.07, 6.45) is -3.18. The Morgan fingerprint density at radius 1 is 1.32 bits per heavy atom. The highest BCUT2D eigenvalue weighted by Crippen LogP contribution is 2.17. The summed E-state index contributed by atoms with van der Waals surface area (Å²) in [5.74, 6) is -5.24. The molecule has 0 radical (unpaired) electrons. The highest BCUT2D eigenvalue weighted by molar-refractivity contribution is 5.80. The van der Waals surface area contributed by atoms with E-state index in [1.807, 2.05) is 0 Å². The molecule has 0 aliphatic heterocycles. The van der Waals surface area contributed by atoms with Crippen molar-refractivity contribution in [3.05, 3.63) is 12.4 Å². The van der Waals surface area contributed by atoms with Crippen molar-refractivity contribution in [3.8, 4) is 0 Å². The Kier molecular flexibility index (Phi) is 6.66. The van der Waals surface area contributed by atoms with Crippen LogP contribution in [0.5, 0.6) is 0 Å². The van der Waals surface area contributed by atoms with Gasteiger partial charge in [0.15, 0.2) is 0 Å². The van der Waals surface area contributed by atoms with Crippen LogP contribution in [0.3, 0.4) is 0 Å². The van der Waals surface area contributed by atoms with Crippen LogP contribution in [0.2, 0.25) is 0 Å². The summed E-state index contributed by atoms with van der Waals surface area (Å²) in [4.78, 5) is 23.3. The molecule has 0 aromatic carbocycles. The average molecular weight is 289 g/mol. The molecule has 0 amide bonds. The number of esters is 2. The zero-order valence-corrected chi connectivity index (χ0v) is 9.25. The molecule has 0 N–H and O–H groups in total. The SMILES string of the molecule is C=C(F)COC(=O)C(F)(F)N=CCOC(=O)C(F)F. The lowest BCUT2D eigenvalue weighted by Gasteiger charge is -2.09. The second-order valence-electron chi connectivity index (χ2n) is 2.88. The molecule has 0 aliphatic carbocycles. The first-order valence-electron chi connectivity index (χ1n) is 4.53. The van der Waals surface area contributed by atoms with E-state index in [2.05, 4.69) is 21.0 Å². The number of hydrogen-bond acceptors (Lipinski definition) is 5. The van der Waals surface area contributed by atoms with Gasteiger partial charge in [-0.25, -0.2) is 19.0 Å². The largest absolute Gasteiger partial charge is 0.456 e. The Hall–Kier alpha value is -2.00. The van der Waals surface area contributed by atoms with Gasteiger partial charge in [-0.15, -0.1) is 0 Å². The van der Waals surface area contributed by atoms with Gasteiger partial charge < -0.3 is 9.47 Å². The molecule has 0 fully saturated rings. The average Bonchev–Trinajstić information content (AvgIpc) is 2.30. The zero-order valence-electron chi connectivity index (χ0n) is 9.25. The van der Waals surface area contributed by atoms with Crippen molar-refractivity contribution >= 4 is 18.2 Å². The maximum absolute atomic E-state index is 12.8. The van der Waals surface area contributed by atoms with E-state index < -0.39 is 43.5 Å². The second-order valence-corrected chi connectivity index (χ2v) is 2.88. The Morgan fingerprint density at radius 3 is 2.37 bits per heavy atom. The van der Waals surface area contributed by atoms with Crippen LogP contribution in [0.25, 0.3) is 0 Å². The van der Waals surface area contributed by atoms with Gasteiger partial charge in [0.25, 0.3) is 0 Å². The van der Waals surface area contributed by atoms with Gasteiger partial charge in [0, 0.05) is 6.21 Å². The van der Waals surface area contributed by atoms with E-state index in [1.54, 1.807) is 0 Å². The van der Waals surface area contributed by atoms with E-state index in [-0.39, 0.29) is 6.21 Å². The third-order valence-corrected chi connectivity index (χ3v) is 1.34.